The Morgan fingerprint density at radius 2 is 1.76 bits per heavy atom. The van der Waals surface area contributed by atoms with Crippen molar-refractivity contribution in [2.24, 2.45) is 0 Å². The summed E-state index contributed by atoms with van der Waals surface area (Å²) < 4.78 is 0. The Hall–Kier alpha value is -2.57. The van der Waals surface area contributed by atoms with E-state index in [1.807, 2.05) is 14.1 Å². The average Bonchev–Trinajstić information content (AvgIpc) is 2.88. The van der Waals surface area contributed by atoms with Gasteiger partial charge in [-0.3, -0.25) is 14.5 Å². The lowest BCUT2D eigenvalue weighted by molar-refractivity contribution is -0.137. The highest BCUT2D eigenvalue weighted by molar-refractivity contribution is 6.08. The molecule has 4 amide bonds. The van der Waals surface area contributed by atoms with E-state index in [-0.39, 0.29) is 24.4 Å². The number of carbonyl (C=O) groups is 3. The minimum Gasteiger partial charge on any atom is -0.378 e. The van der Waals surface area contributed by atoms with Gasteiger partial charge in [-0.05, 0) is 43.4 Å². The van der Waals surface area contributed by atoms with Crippen LogP contribution >= 0.6 is 0 Å². The molecule has 1 spiro atoms. The maximum atomic E-state index is 12.9. The van der Waals surface area contributed by atoms with Gasteiger partial charge in [0, 0.05) is 33.4 Å². The van der Waals surface area contributed by atoms with Crippen LogP contribution in [-0.4, -0.2) is 67.4 Å². The molecule has 1 aliphatic carbocycles. The lowest BCUT2D eigenvalue weighted by Gasteiger charge is -2.35. The summed E-state index contributed by atoms with van der Waals surface area (Å²) in [5.74, 6) is -0.489. The van der Waals surface area contributed by atoms with E-state index in [9.17, 15) is 14.4 Å². The highest BCUT2D eigenvalue weighted by Crippen LogP contribution is 2.39. The molecule has 0 unspecified atom stereocenters. The van der Waals surface area contributed by atoms with Crippen molar-refractivity contribution >= 4 is 23.5 Å². The van der Waals surface area contributed by atoms with Crippen LogP contribution in [0, 0.1) is 0 Å². The number of likely N-dealkylation sites (N-methyl/N-ethyl adjacent to an activating group) is 1. The number of imide groups is 1. The van der Waals surface area contributed by atoms with Gasteiger partial charge in [-0.25, -0.2) is 4.79 Å². The fraction of sp³-hybridized carbons (Fsp3) is 0.591. The lowest BCUT2D eigenvalue weighted by Crippen LogP contribution is -2.49. The number of nitrogens with zero attached hydrogens (tertiary/aromatic N) is 3. The zero-order valence-electron chi connectivity index (χ0n) is 17.7. The second kappa shape index (κ2) is 8.84. The van der Waals surface area contributed by atoms with E-state index >= 15 is 0 Å². The molecular weight excluding hydrogens is 368 g/mol. The molecule has 1 aromatic rings. The van der Waals surface area contributed by atoms with Gasteiger partial charge in [0.25, 0.3) is 5.91 Å². The van der Waals surface area contributed by atoms with Crippen molar-refractivity contribution in [2.45, 2.75) is 50.5 Å². The number of carbonyl (C=O) groups excluding carboxylic acids is 3. The Morgan fingerprint density at radius 1 is 1.10 bits per heavy atom. The van der Waals surface area contributed by atoms with Crippen LogP contribution in [-0.2, 0) is 16.0 Å². The number of rotatable bonds is 7. The predicted molar refractivity (Wildman–Crippen MR) is 113 cm³/mol. The van der Waals surface area contributed by atoms with E-state index < -0.39 is 5.54 Å². The van der Waals surface area contributed by atoms with Gasteiger partial charge in [-0.2, -0.15) is 0 Å². The molecule has 0 radical (unpaired) electrons. The van der Waals surface area contributed by atoms with E-state index in [4.69, 9.17) is 0 Å². The van der Waals surface area contributed by atoms with Crippen molar-refractivity contribution in [2.75, 3.05) is 39.1 Å². The van der Waals surface area contributed by atoms with Crippen molar-refractivity contribution in [1.29, 1.82) is 0 Å². The Balaban J connectivity index is 1.45. The molecule has 3 rings (SSSR count). The van der Waals surface area contributed by atoms with Crippen LogP contribution in [0.2, 0.25) is 0 Å². The van der Waals surface area contributed by atoms with E-state index in [0.29, 0.717) is 19.4 Å². The summed E-state index contributed by atoms with van der Waals surface area (Å²) in [7, 11) is 5.70. The summed E-state index contributed by atoms with van der Waals surface area (Å²) in [5, 5.41) is 2.84. The summed E-state index contributed by atoms with van der Waals surface area (Å²) in [4.78, 5) is 42.5. The first kappa shape index (κ1) is 21.1. The largest absolute Gasteiger partial charge is 0.378 e. The van der Waals surface area contributed by atoms with Crippen LogP contribution in [0.3, 0.4) is 0 Å². The topological polar surface area (TPSA) is 73.0 Å². The van der Waals surface area contributed by atoms with Crippen LogP contribution in [0.1, 0.15) is 44.1 Å². The molecule has 1 saturated carbocycles. The summed E-state index contributed by atoms with van der Waals surface area (Å²) in [5.41, 5.74) is 1.65. The van der Waals surface area contributed by atoms with Crippen molar-refractivity contribution in [3.05, 3.63) is 29.8 Å². The molecule has 2 aliphatic rings. The highest BCUT2D eigenvalue weighted by atomic mass is 16.2. The molecule has 0 bridgehead atoms. The smallest absolute Gasteiger partial charge is 0.327 e. The monoisotopic (exact) mass is 400 g/mol. The van der Waals surface area contributed by atoms with Gasteiger partial charge >= 0.3 is 6.03 Å². The van der Waals surface area contributed by atoms with Gasteiger partial charge in [-0.15, -0.1) is 0 Å². The van der Waals surface area contributed by atoms with E-state index in [2.05, 4.69) is 34.5 Å². The first-order valence-electron chi connectivity index (χ1n) is 10.5. The molecular formula is C22H32N4O3. The van der Waals surface area contributed by atoms with Crippen molar-refractivity contribution < 1.29 is 14.4 Å². The standard InChI is InChI=1S/C22H32N4O3/c1-24(2)18-11-9-17(10-12-18)8-7-15-23-19(27)16-26-20(28)22(25(3)21(26)29)13-5-4-6-14-22/h9-12H,4-8,13-16H2,1-3H3,(H,23,27). The fourth-order valence-corrected chi connectivity index (χ4v) is 4.35. The molecule has 2 fully saturated rings. The number of amides is 4. The number of hydrogen-bond acceptors (Lipinski definition) is 4. The average molecular weight is 401 g/mol. The molecule has 1 saturated heterocycles. The van der Waals surface area contributed by atoms with Crippen LogP contribution in [0.4, 0.5) is 10.5 Å². The minimum atomic E-state index is -0.728. The third-order valence-electron chi connectivity index (χ3n) is 6.20. The van der Waals surface area contributed by atoms with E-state index in [0.717, 1.165) is 42.7 Å². The molecule has 29 heavy (non-hydrogen) atoms. The Kier molecular flexibility index (Phi) is 6.45. The summed E-state index contributed by atoms with van der Waals surface area (Å²) in [6.45, 7) is 0.326. The maximum absolute atomic E-state index is 12.9. The van der Waals surface area contributed by atoms with Gasteiger partial charge < -0.3 is 15.1 Å². The summed E-state index contributed by atoms with van der Waals surface area (Å²) >= 11 is 0. The fourth-order valence-electron chi connectivity index (χ4n) is 4.35. The number of benzene rings is 1. The van der Waals surface area contributed by atoms with Gasteiger partial charge in [0.15, 0.2) is 0 Å². The Labute approximate surface area is 173 Å². The molecule has 1 heterocycles. The maximum Gasteiger partial charge on any atom is 0.327 e. The van der Waals surface area contributed by atoms with Gasteiger partial charge in [-0.1, -0.05) is 31.4 Å². The van der Waals surface area contributed by atoms with Gasteiger partial charge in [0.1, 0.15) is 12.1 Å². The summed E-state index contributed by atoms with van der Waals surface area (Å²) in [6, 6.07) is 8.00. The molecule has 158 valence electrons. The van der Waals surface area contributed by atoms with Gasteiger partial charge in [0.05, 0.1) is 0 Å². The summed E-state index contributed by atoms with van der Waals surface area (Å²) in [6.07, 6.45) is 6.03. The minimum absolute atomic E-state index is 0.193. The zero-order valence-corrected chi connectivity index (χ0v) is 17.7. The molecule has 1 aliphatic heterocycles. The Bertz CT molecular complexity index is 754. The molecule has 0 aromatic heterocycles. The first-order valence-corrected chi connectivity index (χ1v) is 10.5. The predicted octanol–water partition coefficient (Wildman–Crippen LogP) is 2.40. The number of aryl methyl sites for hydroxylation is 1. The number of anilines is 1. The zero-order chi connectivity index (χ0) is 21.0. The van der Waals surface area contributed by atoms with Crippen molar-refractivity contribution in [3.8, 4) is 0 Å². The van der Waals surface area contributed by atoms with E-state index in [1.165, 1.54) is 5.56 Å². The SMILES string of the molecule is CN(C)c1ccc(CCCNC(=O)CN2C(=O)N(C)C3(CCCCC3)C2=O)cc1. The third kappa shape index (κ3) is 4.38. The van der Waals surface area contributed by atoms with Crippen LogP contribution in [0.5, 0.6) is 0 Å². The molecule has 7 heteroatoms. The van der Waals surface area contributed by atoms with Crippen LogP contribution < -0.4 is 10.2 Å². The van der Waals surface area contributed by atoms with Crippen molar-refractivity contribution in [3.63, 3.8) is 0 Å². The number of nitrogens with one attached hydrogen (secondary N) is 1. The van der Waals surface area contributed by atoms with Crippen LogP contribution in [0.15, 0.2) is 24.3 Å². The van der Waals surface area contributed by atoms with Crippen LogP contribution in [0.25, 0.3) is 0 Å². The second-order valence-corrected chi connectivity index (χ2v) is 8.34. The second-order valence-electron chi connectivity index (χ2n) is 8.34. The Morgan fingerprint density at radius 3 is 2.38 bits per heavy atom. The lowest BCUT2D eigenvalue weighted by atomic mass is 9.81. The molecule has 1 aromatic carbocycles. The third-order valence-corrected chi connectivity index (χ3v) is 6.20. The van der Waals surface area contributed by atoms with Crippen molar-refractivity contribution in [1.82, 2.24) is 15.1 Å². The molecule has 7 nitrogen and oxygen atoms in total. The number of urea groups is 1. The molecule has 0 atom stereocenters. The van der Waals surface area contributed by atoms with Gasteiger partial charge in [0.2, 0.25) is 5.91 Å². The number of hydrogen-bond donors (Lipinski definition) is 1. The first-order chi connectivity index (χ1) is 13.8. The quantitative estimate of drug-likeness (QED) is 0.563. The highest BCUT2D eigenvalue weighted by Gasteiger charge is 2.55. The normalized spacial score (nSPS) is 18.4. The van der Waals surface area contributed by atoms with E-state index in [1.54, 1.807) is 11.9 Å². The molecule has 1 N–H and O–H groups in total.